The number of rotatable bonds is 12. The number of hydrogen-bond acceptors (Lipinski definition) is 7. The Bertz CT molecular complexity index is 974. The minimum Gasteiger partial charge on any atom is -0.433 e. The molecule has 37 heavy (non-hydrogen) atoms. The Morgan fingerprint density at radius 1 is 1.22 bits per heavy atom. The molecule has 2 rings (SSSR count). The average Bonchev–Trinajstić information content (AvgIpc) is 3.17. The molecular formula is C27H42N4O6. The molecular weight excluding hydrogens is 476 g/mol. The van der Waals surface area contributed by atoms with E-state index in [0.717, 1.165) is 5.56 Å². The van der Waals surface area contributed by atoms with E-state index in [0.29, 0.717) is 43.7 Å². The van der Waals surface area contributed by atoms with Crippen LogP contribution in [0.3, 0.4) is 0 Å². The number of benzene rings is 1. The standard InChI is InChI=1S/C27H42N4O6/c1-7-17-15-18(12-13-19(17)28)24(34)30-23(27(3,4)5)25(35)31(6)14-10-9-11-21(32)29-20-16-22(33)37-26(20)36-8-2/h12-13,15,20,23,26H,7-11,14,16,28H2,1-6H3,(H,29,32)(H,30,34). The minimum atomic E-state index is -0.753. The van der Waals surface area contributed by atoms with Crippen LogP contribution in [-0.2, 0) is 30.3 Å². The first-order valence-corrected chi connectivity index (χ1v) is 12.9. The predicted octanol–water partition coefficient (Wildman–Crippen LogP) is 2.40. The molecule has 0 radical (unpaired) electrons. The van der Waals surface area contributed by atoms with Crippen molar-refractivity contribution in [2.24, 2.45) is 5.41 Å². The molecule has 1 aliphatic rings. The van der Waals surface area contributed by atoms with Crippen LogP contribution in [0.25, 0.3) is 0 Å². The van der Waals surface area contributed by atoms with Crippen molar-refractivity contribution in [3.05, 3.63) is 29.3 Å². The number of esters is 1. The summed E-state index contributed by atoms with van der Waals surface area (Å²) in [6, 6.07) is 3.90. The molecule has 0 spiro atoms. The van der Waals surface area contributed by atoms with Gasteiger partial charge in [0.1, 0.15) is 12.1 Å². The minimum absolute atomic E-state index is 0.0870. The first kappa shape index (κ1) is 30.1. The fourth-order valence-corrected chi connectivity index (χ4v) is 4.13. The second kappa shape index (κ2) is 13.4. The second-order valence-electron chi connectivity index (χ2n) is 10.4. The maximum Gasteiger partial charge on any atom is 0.310 e. The Balaban J connectivity index is 1.87. The van der Waals surface area contributed by atoms with Gasteiger partial charge in [0.2, 0.25) is 18.1 Å². The number of nitrogens with one attached hydrogen (secondary N) is 2. The SMILES string of the molecule is CCOC1OC(=O)CC1NC(=O)CCCCN(C)C(=O)C(NC(=O)c1ccc(N)c(CC)c1)C(C)(C)C. The van der Waals surface area contributed by atoms with Gasteiger partial charge >= 0.3 is 5.97 Å². The number of likely N-dealkylation sites (N-methyl/N-ethyl adjacent to an activating group) is 1. The number of nitrogens with zero attached hydrogens (tertiary/aromatic N) is 1. The Kier molecular flexibility index (Phi) is 10.9. The molecule has 1 fully saturated rings. The van der Waals surface area contributed by atoms with Crippen LogP contribution < -0.4 is 16.4 Å². The predicted molar refractivity (Wildman–Crippen MR) is 140 cm³/mol. The maximum atomic E-state index is 13.3. The van der Waals surface area contributed by atoms with Crippen LogP contribution in [0.2, 0.25) is 0 Å². The van der Waals surface area contributed by atoms with Crippen molar-refractivity contribution in [2.75, 3.05) is 25.9 Å². The molecule has 10 nitrogen and oxygen atoms in total. The molecule has 0 aliphatic carbocycles. The number of nitrogens with two attached hydrogens (primary N) is 1. The van der Waals surface area contributed by atoms with Crippen molar-refractivity contribution in [1.29, 1.82) is 0 Å². The van der Waals surface area contributed by atoms with E-state index in [2.05, 4.69) is 10.6 Å². The van der Waals surface area contributed by atoms with E-state index in [1.165, 1.54) is 0 Å². The van der Waals surface area contributed by atoms with Crippen LogP contribution in [0.15, 0.2) is 18.2 Å². The highest BCUT2D eigenvalue weighted by molar-refractivity contribution is 5.98. The van der Waals surface area contributed by atoms with Gasteiger partial charge in [-0.25, -0.2) is 0 Å². The van der Waals surface area contributed by atoms with Crippen LogP contribution in [0.5, 0.6) is 0 Å². The number of anilines is 1. The lowest BCUT2D eigenvalue weighted by Crippen LogP contribution is -2.54. The highest BCUT2D eigenvalue weighted by atomic mass is 16.7. The van der Waals surface area contributed by atoms with Crippen molar-refractivity contribution >= 4 is 29.4 Å². The van der Waals surface area contributed by atoms with Crippen LogP contribution in [-0.4, -0.2) is 67.2 Å². The molecule has 3 unspecified atom stereocenters. The lowest BCUT2D eigenvalue weighted by atomic mass is 9.85. The molecule has 10 heteroatoms. The summed E-state index contributed by atoms with van der Waals surface area (Å²) >= 11 is 0. The van der Waals surface area contributed by atoms with Crippen LogP contribution in [0, 0.1) is 5.41 Å². The van der Waals surface area contributed by atoms with E-state index in [1.54, 1.807) is 37.1 Å². The molecule has 0 aromatic heterocycles. The van der Waals surface area contributed by atoms with Gasteiger partial charge in [0.15, 0.2) is 0 Å². The van der Waals surface area contributed by atoms with Crippen molar-refractivity contribution in [3.8, 4) is 0 Å². The molecule has 206 valence electrons. The van der Waals surface area contributed by atoms with Gasteiger partial charge in [-0.1, -0.05) is 27.7 Å². The summed E-state index contributed by atoms with van der Waals surface area (Å²) in [4.78, 5) is 51.7. The third-order valence-electron chi connectivity index (χ3n) is 6.34. The summed E-state index contributed by atoms with van der Waals surface area (Å²) in [5.74, 6) is -1.12. The van der Waals surface area contributed by atoms with Crippen LogP contribution in [0.4, 0.5) is 5.69 Å². The number of aryl methyl sites for hydroxylation is 1. The van der Waals surface area contributed by atoms with E-state index in [1.807, 2.05) is 27.7 Å². The van der Waals surface area contributed by atoms with Gasteiger partial charge in [-0.2, -0.15) is 0 Å². The molecule has 0 saturated carbocycles. The van der Waals surface area contributed by atoms with Gasteiger partial charge < -0.3 is 30.7 Å². The molecule has 0 bridgehead atoms. The summed E-state index contributed by atoms with van der Waals surface area (Å²) in [5.41, 5.74) is 7.42. The van der Waals surface area contributed by atoms with Gasteiger partial charge in [0, 0.05) is 37.9 Å². The second-order valence-corrected chi connectivity index (χ2v) is 10.4. The highest BCUT2D eigenvalue weighted by Crippen LogP contribution is 2.23. The number of amides is 3. The quantitative estimate of drug-likeness (QED) is 0.219. The van der Waals surface area contributed by atoms with Gasteiger partial charge in [-0.05, 0) is 55.4 Å². The van der Waals surface area contributed by atoms with E-state index < -0.39 is 29.8 Å². The molecule has 1 aliphatic heterocycles. The molecule has 3 amide bonds. The van der Waals surface area contributed by atoms with Crippen molar-refractivity contribution in [2.45, 2.75) is 85.1 Å². The normalized spacial score (nSPS) is 18.2. The third kappa shape index (κ3) is 8.73. The molecule has 1 aromatic rings. The molecule has 1 heterocycles. The number of carbonyl (C=O) groups excluding carboxylic acids is 4. The summed E-state index contributed by atoms with van der Waals surface area (Å²) < 4.78 is 10.4. The molecule has 1 aromatic carbocycles. The Labute approximate surface area is 219 Å². The van der Waals surface area contributed by atoms with Gasteiger partial charge in [-0.15, -0.1) is 0 Å². The summed E-state index contributed by atoms with van der Waals surface area (Å²) in [7, 11) is 1.69. The van der Waals surface area contributed by atoms with E-state index in [-0.39, 0.29) is 30.6 Å². The Morgan fingerprint density at radius 2 is 1.92 bits per heavy atom. The number of carbonyl (C=O) groups is 4. The lowest BCUT2D eigenvalue weighted by Gasteiger charge is -2.33. The zero-order chi connectivity index (χ0) is 27.8. The lowest BCUT2D eigenvalue weighted by molar-refractivity contribution is -0.164. The number of cyclic esters (lactones) is 1. The summed E-state index contributed by atoms with van der Waals surface area (Å²) in [5, 5.41) is 5.70. The third-order valence-corrected chi connectivity index (χ3v) is 6.34. The average molecular weight is 519 g/mol. The highest BCUT2D eigenvalue weighted by Gasteiger charge is 2.37. The van der Waals surface area contributed by atoms with Crippen molar-refractivity contribution < 1.29 is 28.7 Å². The van der Waals surface area contributed by atoms with E-state index >= 15 is 0 Å². The first-order valence-electron chi connectivity index (χ1n) is 12.9. The molecule has 4 N–H and O–H groups in total. The zero-order valence-electron chi connectivity index (χ0n) is 22.9. The van der Waals surface area contributed by atoms with Crippen LogP contribution >= 0.6 is 0 Å². The Morgan fingerprint density at radius 3 is 2.54 bits per heavy atom. The Hall–Kier alpha value is -3.14. The topological polar surface area (TPSA) is 140 Å². The molecule has 1 saturated heterocycles. The number of hydrogen-bond donors (Lipinski definition) is 3. The van der Waals surface area contributed by atoms with E-state index in [9.17, 15) is 19.2 Å². The summed E-state index contributed by atoms with van der Waals surface area (Å²) in [6.07, 6.45) is 1.45. The monoisotopic (exact) mass is 518 g/mol. The number of unbranched alkanes of at least 4 members (excludes halogenated alkanes) is 1. The fraction of sp³-hybridized carbons (Fsp3) is 0.630. The fourth-order valence-electron chi connectivity index (χ4n) is 4.13. The summed E-state index contributed by atoms with van der Waals surface area (Å²) in [6.45, 7) is 10.3. The first-order chi connectivity index (χ1) is 17.4. The van der Waals surface area contributed by atoms with E-state index in [4.69, 9.17) is 15.2 Å². The van der Waals surface area contributed by atoms with Gasteiger partial charge in [0.05, 0.1) is 6.42 Å². The van der Waals surface area contributed by atoms with Crippen molar-refractivity contribution in [1.82, 2.24) is 15.5 Å². The van der Waals surface area contributed by atoms with Gasteiger partial charge in [0.25, 0.3) is 5.91 Å². The van der Waals surface area contributed by atoms with Gasteiger partial charge in [-0.3, -0.25) is 19.2 Å². The molecule has 3 atom stereocenters. The smallest absolute Gasteiger partial charge is 0.310 e. The number of ether oxygens (including phenoxy) is 2. The van der Waals surface area contributed by atoms with Crippen molar-refractivity contribution in [3.63, 3.8) is 0 Å². The zero-order valence-corrected chi connectivity index (χ0v) is 22.9. The largest absolute Gasteiger partial charge is 0.433 e. The number of nitrogen functional groups attached to an aromatic ring is 1. The van der Waals surface area contributed by atoms with Crippen LogP contribution in [0.1, 0.15) is 76.2 Å². The maximum absolute atomic E-state index is 13.3.